The molecule has 2 aromatic carbocycles. The molecule has 0 bridgehead atoms. The second kappa shape index (κ2) is 9.48. The average Bonchev–Trinajstić information content (AvgIpc) is 3.36. The van der Waals surface area contributed by atoms with Crippen molar-refractivity contribution in [1.82, 2.24) is 4.98 Å². The van der Waals surface area contributed by atoms with Gasteiger partial charge in [-0.15, -0.1) is 0 Å². The number of thiazole rings is 1. The number of hydrogen-bond acceptors (Lipinski definition) is 8. The van der Waals surface area contributed by atoms with E-state index in [1.54, 1.807) is 61.5 Å². The number of methoxy groups -OCH3 is 1. The fraction of sp³-hybridized carbons (Fsp3) is 0.200. The lowest BCUT2D eigenvalue weighted by Gasteiger charge is -2.23. The van der Waals surface area contributed by atoms with Crippen LogP contribution in [0.4, 0.5) is 5.13 Å². The van der Waals surface area contributed by atoms with Gasteiger partial charge in [-0.05, 0) is 31.5 Å². The van der Waals surface area contributed by atoms with Crippen molar-refractivity contribution < 1.29 is 29.0 Å². The summed E-state index contributed by atoms with van der Waals surface area (Å²) in [6, 6.07) is 14.5. The van der Waals surface area contributed by atoms with Crippen LogP contribution in [-0.2, 0) is 14.3 Å². The van der Waals surface area contributed by atoms with E-state index in [4.69, 9.17) is 9.47 Å². The third-order valence-corrected chi connectivity index (χ3v) is 6.50. The maximum absolute atomic E-state index is 13.2. The fourth-order valence-electron chi connectivity index (χ4n) is 3.78. The molecule has 0 saturated carbocycles. The van der Waals surface area contributed by atoms with Gasteiger partial charge in [0, 0.05) is 5.56 Å². The van der Waals surface area contributed by atoms with Crippen LogP contribution in [0.25, 0.3) is 5.76 Å². The van der Waals surface area contributed by atoms with Crippen LogP contribution in [0.15, 0.2) is 60.2 Å². The lowest BCUT2D eigenvalue weighted by molar-refractivity contribution is -0.132. The Bertz CT molecular complexity index is 1280. The molecule has 0 spiro atoms. The molecule has 9 heteroatoms. The highest BCUT2D eigenvalue weighted by atomic mass is 32.1. The summed E-state index contributed by atoms with van der Waals surface area (Å²) in [5.41, 5.74) is 1.30. The van der Waals surface area contributed by atoms with E-state index < -0.39 is 23.7 Å². The van der Waals surface area contributed by atoms with Crippen molar-refractivity contribution in [2.75, 3.05) is 18.6 Å². The maximum atomic E-state index is 13.2. The quantitative estimate of drug-likeness (QED) is 0.244. The van der Waals surface area contributed by atoms with Gasteiger partial charge in [-0.3, -0.25) is 14.5 Å². The van der Waals surface area contributed by atoms with E-state index in [1.807, 2.05) is 6.92 Å². The highest BCUT2D eigenvalue weighted by molar-refractivity contribution is 7.17. The summed E-state index contributed by atoms with van der Waals surface area (Å²) >= 11 is 0.953. The molecular formula is C25H22N2O6S. The van der Waals surface area contributed by atoms with E-state index in [1.165, 1.54) is 12.0 Å². The number of carbonyl (C=O) groups is 3. The van der Waals surface area contributed by atoms with Crippen LogP contribution >= 0.6 is 11.3 Å². The summed E-state index contributed by atoms with van der Waals surface area (Å²) in [4.78, 5) is 44.4. The fourth-order valence-corrected chi connectivity index (χ4v) is 4.79. The average molecular weight is 479 g/mol. The zero-order valence-electron chi connectivity index (χ0n) is 18.8. The first-order valence-electron chi connectivity index (χ1n) is 10.5. The first-order chi connectivity index (χ1) is 16.4. The molecule has 1 fully saturated rings. The molecule has 1 aromatic heterocycles. The van der Waals surface area contributed by atoms with E-state index in [-0.39, 0.29) is 21.3 Å². The maximum Gasteiger partial charge on any atom is 0.350 e. The number of Topliss-reactive ketones (excluding diaryl/α,β-unsaturated/α-hetero) is 1. The Labute approximate surface area is 200 Å². The molecule has 1 aliphatic rings. The normalized spacial score (nSPS) is 17.1. The SMILES string of the molecule is CCOc1ccc([C@@H]2/C(=C(\O)c3ccccc3)C(=O)C(=O)N2c2nc(C)c(C(=O)OC)s2)cc1. The Balaban J connectivity index is 1.90. The largest absolute Gasteiger partial charge is 0.507 e. The van der Waals surface area contributed by atoms with Crippen molar-refractivity contribution >= 4 is 39.9 Å². The van der Waals surface area contributed by atoms with Crippen molar-refractivity contribution in [2.45, 2.75) is 19.9 Å². The molecule has 1 aliphatic heterocycles. The number of ketones is 1. The number of esters is 1. The molecule has 1 N–H and O–H groups in total. The third kappa shape index (κ3) is 4.06. The molecule has 1 amide bonds. The van der Waals surface area contributed by atoms with Gasteiger partial charge in [0.2, 0.25) is 0 Å². The zero-order valence-corrected chi connectivity index (χ0v) is 19.6. The van der Waals surface area contributed by atoms with Crippen molar-refractivity contribution in [3.8, 4) is 5.75 Å². The highest BCUT2D eigenvalue weighted by Gasteiger charge is 2.48. The summed E-state index contributed by atoms with van der Waals surface area (Å²) < 4.78 is 10.3. The number of amides is 1. The molecule has 174 valence electrons. The summed E-state index contributed by atoms with van der Waals surface area (Å²) in [5, 5.41) is 11.3. The van der Waals surface area contributed by atoms with Gasteiger partial charge in [0.25, 0.3) is 5.78 Å². The Morgan fingerprint density at radius 1 is 1.12 bits per heavy atom. The van der Waals surface area contributed by atoms with Crippen LogP contribution in [0.2, 0.25) is 0 Å². The minimum Gasteiger partial charge on any atom is -0.507 e. The first-order valence-corrected chi connectivity index (χ1v) is 11.3. The lowest BCUT2D eigenvalue weighted by Crippen LogP contribution is -2.29. The Morgan fingerprint density at radius 3 is 2.41 bits per heavy atom. The highest BCUT2D eigenvalue weighted by Crippen LogP contribution is 2.44. The van der Waals surface area contributed by atoms with Gasteiger partial charge in [-0.2, -0.15) is 0 Å². The first kappa shape index (κ1) is 23.2. The van der Waals surface area contributed by atoms with Gasteiger partial charge in [0.1, 0.15) is 16.4 Å². The molecule has 0 aliphatic carbocycles. The van der Waals surface area contributed by atoms with Crippen LogP contribution in [0.1, 0.15) is 39.5 Å². The minimum absolute atomic E-state index is 0.0622. The smallest absolute Gasteiger partial charge is 0.350 e. The van der Waals surface area contributed by atoms with Crippen LogP contribution in [0.3, 0.4) is 0 Å². The Morgan fingerprint density at radius 2 is 1.79 bits per heavy atom. The number of hydrogen-bond donors (Lipinski definition) is 1. The molecule has 3 aromatic rings. The Kier molecular flexibility index (Phi) is 6.47. The number of carbonyl (C=O) groups excluding carboxylic acids is 3. The zero-order chi connectivity index (χ0) is 24.4. The number of aliphatic hydroxyl groups is 1. The molecule has 1 saturated heterocycles. The molecule has 8 nitrogen and oxygen atoms in total. The molecule has 0 unspecified atom stereocenters. The number of benzene rings is 2. The molecule has 4 rings (SSSR count). The summed E-state index contributed by atoms with van der Waals surface area (Å²) in [6.45, 7) is 3.98. The third-order valence-electron chi connectivity index (χ3n) is 5.36. The van der Waals surface area contributed by atoms with Gasteiger partial charge in [0.15, 0.2) is 5.13 Å². The predicted molar refractivity (Wildman–Crippen MR) is 127 cm³/mol. The summed E-state index contributed by atoms with van der Waals surface area (Å²) in [5.74, 6) is -1.93. The molecule has 2 heterocycles. The minimum atomic E-state index is -0.952. The predicted octanol–water partition coefficient (Wildman–Crippen LogP) is 4.26. The van der Waals surface area contributed by atoms with Crippen LogP contribution in [0.5, 0.6) is 5.75 Å². The number of anilines is 1. The number of ether oxygens (including phenoxy) is 2. The molecular weight excluding hydrogens is 456 g/mol. The van der Waals surface area contributed by atoms with Crippen molar-refractivity contribution in [3.05, 3.63) is 81.9 Å². The number of aromatic nitrogens is 1. The molecule has 34 heavy (non-hydrogen) atoms. The second-order valence-electron chi connectivity index (χ2n) is 7.44. The van der Waals surface area contributed by atoms with Crippen LogP contribution in [-0.4, -0.2) is 41.5 Å². The van der Waals surface area contributed by atoms with Crippen LogP contribution in [0, 0.1) is 6.92 Å². The van der Waals surface area contributed by atoms with Gasteiger partial charge >= 0.3 is 11.9 Å². The number of aliphatic hydroxyl groups excluding tert-OH is 1. The summed E-state index contributed by atoms with van der Waals surface area (Å²) in [6.07, 6.45) is 0. The van der Waals surface area contributed by atoms with E-state index >= 15 is 0 Å². The second-order valence-corrected chi connectivity index (χ2v) is 8.42. The van der Waals surface area contributed by atoms with Gasteiger partial charge in [-0.25, -0.2) is 9.78 Å². The van der Waals surface area contributed by atoms with E-state index in [0.717, 1.165) is 11.3 Å². The number of rotatable bonds is 6. The van der Waals surface area contributed by atoms with Crippen molar-refractivity contribution in [3.63, 3.8) is 0 Å². The lowest BCUT2D eigenvalue weighted by atomic mass is 9.95. The van der Waals surface area contributed by atoms with Gasteiger partial charge in [-0.1, -0.05) is 53.8 Å². The topological polar surface area (TPSA) is 106 Å². The summed E-state index contributed by atoms with van der Waals surface area (Å²) in [7, 11) is 1.26. The number of aryl methyl sites for hydroxylation is 1. The molecule has 1 atom stereocenters. The number of nitrogens with zero attached hydrogens (tertiary/aromatic N) is 2. The standard InChI is InChI=1S/C25H22N2O6S/c1-4-33-17-12-10-15(11-13-17)19-18(20(28)16-8-6-5-7-9-16)21(29)23(30)27(19)25-26-14(2)22(34-25)24(31)32-3/h5-13,19,28H,4H2,1-3H3/b20-18+/t19-/m1/s1. The monoisotopic (exact) mass is 478 g/mol. The van der Waals surface area contributed by atoms with Crippen LogP contribution < -0.4 is 9.64 Å². The Hall–Kier alpha value is -3.98. The van der Waals surface area contributed by atoms with E-state index in [2.05, 4.69) is 4.98 Å². The van der Waals surface area contributed by atoms with Crippen molar-refractivity contribution in [2.24, 2.45) is 0 Å². The van der Waals surface area contributed by atoms with E-state index in [0.29, 0.717) is 29.2 Å². The van der Waals surface area contributed by atoms with Gasteiger partial charge < -0.3 is 14.6 Å². The van der Waals surface area contributed by atoms with E-state index in [9.17, 15) is 19.5 Å². The van der Waals surface area contributed by atoms with Crippen molar-refractivity contribution in [1.29, 1.82) is 0 Å². The van der Waals surface area contributed by atoms with Gasteiger partial charge in [0.05, 0.1) is 31.0 Å². The molecule has 0 radical (unpaired) electrons.